The zero-order valence-corrected chi connectivity index (χ0v) is 16.0. The second kappa shape index (κ2) is 9.25. The van der Waals surface area contributed by atoms with E-state index in [0.29, 0.717) is 23.7 Å². The predicted octanol–water partition coefficient (Wildman–Crippen LogP) is 3.69. The Morgan fingerprint density at radius 2 is 1.92 bits per heavy atom. The molecule has 0 saturated heterocycles. The van der Waals surface area contributed by atoms with Crippen molar-refractivity contribution in [3.05, 3.63) is 58.6 Å². The number of benzene rings is 2. The fourth-order valence-corrected chi connectivity index (χ4v) is 2.72. The van der Waals surface area contributed by atoms with Crippen molar-refractivity contribution in [1.29, 1.82) is 0 Å². The monoisotopic (exact) mass is 374 g/mol. The summed E-state index contributed by atoms with van der Waals surface area (Å²) in [7, 11) is 1.61. The van der Waals surface area contributed by atoms with Crippen molar-refractivity contribution in [1.82, 2.24) is 4.90 Å². The molecule has 0 aromatic heterocycles. The quantitative estimate of drug-likeness (QED) is 0.804. The lowest BCUT2D eigenvalue weighted by Crippen LogP contribution is -2.38. The van der Waals surface area contributed by atoms with E-state index in [9.17, 15) is 9.59 Å². The van der Waals surface area contributed by atoms with Gasteiger partial charge < -0.3 is 15.0 Å². The number of nitrogens with zero attached hydrogens (tertiary/aromatic N) is 1. The number of halogens is 1. The van der Waals surface area contributed by atoms with Crippen LogP contribution in [-0.4, -0.2) is 36.9 Å². The molecular weight excluding hydrogens is 352 g/mol. The van der Waals surface area contributed by atoms with Gasteiger partial charge in [-0.1, -0.05) is 29.8 Å². The first kappa shape index (κ1) is 19.8. The first-order chi connectivity index (χ1) is 12.4. The number of hydrogen-bond donors (Lipinski definition) is 1. The summed E-state index contributed by atoms with van der Waals surface area (Å²) in [5.41, 5.74) is 2.49. The van der Waals surface area contributed by atoms with Crippen molar-refractivity contribution < 1.29 is 14.3 Å². The van der Waals surface area contributed by atoms with Crippen LogP contribution in [0.3, 0.4) is 0 Å². The van der Waals surface area contributed by atoms with Crippen molar-refractivity contribution in [2.24, 2.45) is 0 Å². The first-order valence-electron chi connectivity index (χ1n) is 8.34. The smallest absolute Gasteiger partial charge is 0.244 e. The molecule has 138 valence electrons. The molecule has 0 aliphatic heterocycles. The van der Waals surface area contributed by atoms with Gasteiger partial charge in [-0.2, -0.15) is 0 Å². The lowest BCUT2D eigenvalue weighted by Gasteiger charge is -2.21. The zero-order valence-electron chi connectivity index (χ0n) is 15.2. The van der Waals surface area contributed by atoms with E-state index in [-0.39, 0.29) is 18.4 Å². The standard InChI is InChI=1S/C20H23ClN2O3/c1-14-18(21)8-5-9-19(14)22-20(25)13-23(15(2)24)11-10-16-6-4-7-17(12-16)26-3/h4-9,12H,10-11,13H2,1-3H3,(H,22,25). The molecule has 0 aliphatic rings. The molecular formula is C20H23ClN2O3. The van der Waals surface area contributed by atoms with Crippen molar-refractivity contribution >= 4 is 29.1 Å². The second-order valence-corrected chi connectivity index (χ2v) is 6.41. The van der Waals surface area contributed by atoms with Crippen LogP contribution in [0.5, 0.6) is 5.75 Å². The van der Waals surface area contributed by atoms with Gasteiger partial charge in [-0.25, -0.2) is 0 Å². The molecule has 0 fully saturated rings. The number of hydrogen-bond acceptors (Lipinski definition) is 3. The highest BCUT2D eigenvalue weighted by Crippen LogP contribution is 2.22. The zero-order chi connectivity index (χ0) is 19.1. The molecule has 1 N–H and O–H groups in total. The minimum atomic E-state index is -0.254. The molecule has 2 aromatic rings. The Balaban J connectivity index is 1.97. The van der Waals surface area contributed by atoms with Gasteiger partial charge in [0.1, 0.15) is 5.75 Å². The number of carbonyl (C=O) groups is 2. The van der Waals surface area contributed by atoms with Crippen LogP contribution in [-0.2, 0) is 16.0 Å². The average molecular weight is 375 g/mol. The number of methoxy groups -OCH3 is 1. The number of carbonyl (C=O) groups excluding carboxylic acids is 2. The van der Waals surface area contributed by atoms with E-state index in [2.05, 4.69) is 5.32 Å². The Hall–Kier alpha value is -2.53. The van der Waals surface area contributed by atoms with Crippen LogP contribution in [0.4, 0.5) is 5.69 Å². The van der Waals surface area contributed by atoms with Crippen LogP contribution < -0.4 is 10.1 Å². The fraction of sp³-hybridized carbons (Fsp3) is 0.300. The molecule has 2 amide bonds. The minimum Gasteiger partial charge on any atom is -0.497 e. The topological polar surface area (TPSA) is 58.6 Å². The van der Waals surface area contributed by atoms with E-state index in [1.165, 1.54) is 11.8 Å². The van der Waals surface area contributed by atoms with Crippen LogP contribution >= 0.6 is 11.6 Å². The Bertz CT molecular complexity index is 792. The Morgan fingerprint density at radius 3 is 2.62 bits per heavy atom. The third-order valence-electron chi connectivity index (χ3n) is 4.13. The van der Waals surface area contributed by atoms with E-state index in [1.807, 2.05) is 31.2 Å². The third kappa shape index (κ3) is 5.49. The van der Waals surface area contributed by atoms with Gasteiger partial charge in [0.25, 0.3) is 0 Å². The molecule has 2 rings (SSSR count). The van der Waals surface area contributed by atoms with E-state index >= 15 is 0 Å². The summed E-state index contributed by atoms with van der Waals surface area (Å²) in [6.07, 6.45) is 0.639. The maximum Gasteiger partial charge on any atom is 0.244 e. The van der Waals surface area contributed by atoms with Gasteiger partial charge in [0.05, 0.1) is 13.7 Å². The summed E-state index contributed by atoms with van der Waals surface area (Å²) in [6, 6.07) is 13.0. The summed E-state index contributed by atoms with van der Waals surface area (Å²) in [5.74, 6) is 0.369. The number of anilines is 1. The lowest BCUT2D eigenvalue weighted by molar-refractivity contribution is -0.132. The van der Waals surface area contributed by atoms with Gasteiger partial charge in [-0.3, -0.25) is 9.59 Å². The average Bonchev–Trinajstić information content (AvgIpc) is 2.62. The molecule has 0 unspecified atom stereocenters. The largest absolute Gasteiger partial charge is 0.497 e. The SMILES string of the molecule is COc1cccc(CCN(CC(=O)Nc2cccc(Cl)c2C)C(C)=O)c1. The highest BCUT2D eigenvalue weighted by Gasteiger charge is 2.15. The molecule has 0 atom stereocenters. The molecule has 2 aromatic carbocycles. The van der Waals surface area contributed by atoms with E-state index in [0.717, 1.165) is 16.9 Å². The normalized spacial score (nSPS) is 10.3. The lowest BCUT2D eigenvalue weighted by atomic mass is 10.1. The van der Waals surface area contributed by atoms with Crippen molar-refractivity contribution in [2.75, 3.05) is 25.5 Å². The van der Waals surface area contributed by atoms with E-state index in [1.54, 1.807) is 25.3 Å². The van der Waals surface area contributed by atoms with Crippen LogP contribution in [0.15, 0.2) is 42.5 Å². The van der Waals surface area contributed by atoms with Crippen LogP contribution in [0.1, 0.15) is 18.1 Å². The van der Waals surface area contributed by atoms with Gasteiger partial charge in [-0.05, 0) is 48.7 Å². The van der Waals surface area contributed by atoms with Gasteiger partial charge in [0.15, 0.2) is 0 Å². The van der Waals surface area contributed by atoms with Crippen LogP contribution in [0.2, 0.25) is 5.02 Å². The predicted molar refractivity (Wildman–Crippen MR) is 104 cm³/mol. The fourth-order valence-electron chi connectivity index (χ4n) is 2.55. The van der Waals surface area contributed by atoms with Crippen LogP contribution in [0, 0.1) is 6.92 Å². The van der Waals surface area contributed by atoms with E-state index < -0.39 is 0 Å². The summed E-state index contributed by atoms with van der Waals surface area (Å²) in [5, 5.41) is 3.40. The Morgan fingerprint density at radius 1 is 1.19 bits per heavy atom. The Labute approximate surface area is 158 Å². The van der Waals surface area contributed by atoms with Gasteiger partial charge in [-0.15, -0.1) is 0 Å². The number of rotatable bonds is 7. The molecule has 26 heavy (non-hydrogen) atoms. The summed E-state index contributed by atoms with van der Waals surface area (Å²) < 4.78 is 5.21. The number of amides is 2. The van der Waals surface area contributed by atoms with Gasteiger partial charge in [0.2, 0.25) is 11.8 Å². The van der Waals surface area contributed by atoms with Crippen molar-refractivity contribution in [3.8, 4) is 5.75 Å². The molecule has 0 bridgehead atoms. The second-order valence-electron chi connectivity index (χ2n) is 6.00. The third-order valence-corrected chi connectivity index (χ3v) is 4.54. The summed E-state index contributed by atoms with van der Waals surface area (Å²) in [4.78, 5) is 25.8. The van der Waals surface area contributed by atoms with Gasteiger partial charge in [0, 0.05) is 24.2 Å². The number of nitrogens with one attached hydrogen (secondary N) is 1. The first-order valence-corrected chi connectivity index (χ1v) is 8.72. The molecule has 0 spiro atoms. The molecule has 5 nitrogen and oxygen atoms in total. The van der Waals surface area contributed by atoms with Crippen molar-refractivity contribution in [3.63, 3.8) is 0 Å². The summed E-state index contributed by atoms with van der Waals surface area (Å²) in [6.45, 7) is 3.74. The molecule has 6 heteroatoms. The van der Waals surface area contributed by atoms with E-state index in [4.69, 9.17) is 16.3 Å². The Kier molecular flexibility index (Phi) is 7.04. The maximum atomic E-state index is 12.3. The minimum absolute atomic E-state index is 0.00868. The highest BCUT2D eigenvalue weighted by atomic mass is 35.5. The molecule has 0 heterocycles. The summed E-state index contributed by atoms with van der Waals surface area (Å²) >= 11 is 6.07. The van der Waals surface area contributed by atoms with Crippen molar-refractivity contribution in [2.45, 2.75) is 20.3 Å². The van der Waals surface area contributed by atoms with Gasteiger partial charge >= 0.3 is 0 Å². The van der Waals surface area contributed by atoms with Crippen LogP contribution in [0.25, 0.3) is 0 Å². The highest BCUT2D eigenvalue weighted by molar-refractivity contribution is 6.31. The molecule has 0 radical (unpaired) electrons. The maximum absolute atomic E-state index is 12.3. The molecule has 0 aliphatic carbocycles. The number of ether oxygens (including phenoxy) is 1. The molecule has 0 saturated carbocycles.